The van der Waals surface area contributed by atoms with Crippen LogP contribution in [0.4, 0.5) is 0 Å². The third kappa shape index (κ3) is 4.05. The molecule has 39 heavy (non-hydrogen) atoms. The number of aromatic nitrogens is 1. The maximum Gasteiger partial charge on any atom is 0.228 e. The number of nitrogens with zero attached hydrogens (tertiary/aromatic N) is 2. The Hall–Kier alpha value is -3.90. The van der Waals surface area contributed by atoms with E-state index < -0.39 is 5.41 Å². The lowest BCUT2D eigenvalue weighted by atomic mass is 9.81. The highest BCUT2D eigenvalue weighted by molar-refractivity contribution is 6.16. The van der Waals surface area contributed by atoms with E-state index in [2.05, 4.69) is 107 Å². The standard InChI is InChI=1S/C36H37N2O/c1-21-12-13-25-27(16-21)22(2)31-33-32-26(14-15-38(33)8)24-11-9-10-23(18-36(6,7)20-37)28(24)17-30(32)39-34(31)29(25)19-35(3,4)5/h9-17H,18-19H2,1-8H3/q+1. The molecular formula is C36H37N2O+. The lowest BCUT2D eigenvalue weighted by Crippen LogP contribution is -2.32. The third-order valence-corrected chi connectivity index (χ3v) is 8.20. The fraction of sp³-hybridized carbons (Fsp3) is 0.333. The number of aryl methyl sites for hydroxylation is 3. The van der Waals surface area contributed by atoms with Crippen LogP contribution in [0.5, 0.6) is 11.5 Å². The van der Waals surface area contributed by atoms with Crippen molar-refractivity contribution in [1.82, 2.24) is 0 Å². The molecule has 0 fully saturated rings. The first-order valence-electron chi connectivity index (χ1n) is 13.9. The zero-order chi connectivity index (χ0) is 27.9. The van der Waals surface area contributed by atoms with Gasteiger partial charge >= 0.3 is 0 Å². The number of fused-ring (bicyclic) bond motifs is 5. The first-order chi connectivity index (χ1) is 18.4. The minimum absolute atomic E-state index is 0.0953. The largest absolute Gasteiger partial charge is 0.455 e. The summed E-state index contributed by atoms with van der Waals surface area (Å²) in [6, 6.07) is 20.2. The molecule has 0 unspecified atom stereocenters. The number of rotatable bonds is 3. The second kappa shape index (κ2) is 8.55. The lowest BCUT2D eigenvalue weighted by molar-refractivity contribution is -0.659. The van der Waals surface area contributed by atoms with Crippen molar-refractivity contribution in [3.63, 3.8) is 0 Å². The summed E-state index contributed by atoms with van der Waals surface area (Å²) in [5.74, 6) is 1.89. The van der Waals surface area contributed by atoms with Gasteiger partial charge in [0.05, 0.1) is 22.4 Å². The Labute approximate surface area is 231 Å². The Bertz CT molecular complexity index is 1880. The van der Waals surface area contributed by atoms with Gasteiger partial charge in [-0.1, -0.05) is 62.7 Å². The van der Waals surface area contributed by atoms with Gasteiger partial charge in [0.25, 0.3) is 0 Å². The van der Waals surface area contributed by atoms with Crippen LogP contribution < -0.4 is 9.30 Å². The van der Waals surface area contributed by atoms with E-state index in [1.54, 1.807) is 0 Å². The van der Waals surface area contributed by atoms with E-state index >= 15 is 0 Å². The SMILES string of the molecule is Cc1ccc2c(CC(C)(C)C)c3c(c(C)c2c1)-c1c2c(cc4c(CC(C)(C)C#N)cccc4c2cc[n+]1C)O3. The first-order valence-corrected chi connectivity index (χ1v) is 13.9. The Kier molecular flexibility index (Phi) is 5.57. The first kappa shape index (κ1) is 25.4. The fourth-order valence-corrected chi connectivity index (χ4v) is 6.42. The molecular weight excluding hydrogens is 476 g/mol. The molecule has 0 saturated carbocycles. The second-order valence-electron chi connectivity index (χ2n) is 13.3. The van der Waals surface area contributed by atoms with Crippen molar-refractivity contribution in [2.45, 2.75) is 61.3 Å². The number of benzene rings is 4. The van der Waals surface area contributed by atoms with Crippen molar-refractivity contribution in [3.8, 4) is 28.8 Å². The van der Waals surface area contributed by atoms with Gasteiger partial charge in [-0.25, -0.2) is 4.57 Å². The highest BCUT2D eigenvalue weighted by Gasteiger charge is 2.34. The molecule has 0 amide bonds. The predicted molar refractivity (Wildman–Crippen MR) is 161 cm³/mol. The number of pyridine rings is 1. The molecule has 5 aromatic rings. The van der Waals surface area contributed by atoms with Gasteiger partial charge in [-0.2, -0.15) is 5.26 Å². The molecule has 0 bridgehead atoms. The normalized spacial score (nSPS) is 13.0. The van der Waals surface area contributed by atoms with Crippen LogP contribution in [0, 0.1) is 36.0 Å². The average molecular weight is 514 g/mol. The van der Waals surface area contributed by atoms with Crippen LogP contribution in [0.2, 0.25) is 0 Å². The van der Waals surface area contributed by atoms with Crippen LogP contribution in [0.15, 0.2) is 54.7 Å². The summed E-state index contributed by atoms with van der Waals surface area (Å²) in [6.45, 7) is 15.3. The summed E-state index contributed by atoms with van der Waals surface area (Å²) in [7, 11) is 2.15. The van der Waals surface area contributed by atoms with Crippen molar-refractivity contribution >= 4 is 32.3 Å². The van der Waals surface area contributed by atoms with Crippen LogP contribution in [-0.4, -0.2) is 0 Å². The van der Waals surface area contributed by atoms with E-state index in [0.29, 0.717) is 6.42 Å². The Morgan fingerprint density at radius 3 is 2.33 bits per heavy atom. The number of ether oxygens (including phenoxy) is 1. The van der Waals surface area contributed by atoms with Crippen molar-refractivity contribution in [3.05, 3.63) is 77.0 Å². The van der Waals surface area contributed by atoms with Gasteiger partial charge in [0.15, 0.2) is 6.20 Å². The minimum atomic E-state index is -0.448. The van der Waals surface area contributed by atoms with Crippen molar-refractivity contribution < 1.29 is 9.30 Å². The molecule has 0 atom stereocenters. The van der Waals surface area contributed by atoms with Gasteiger partial charge < -0.3 is 4.74 Å². The summed E-state index contributed by atoms with van der Waals surface area (Å²) in [6.07, 6.45) is 3.79. The smallest absolute Gasteiger partial charge is 0.228 e. The van der Waals surface area contributed by atoms with Crippen LogP contribution >= 0.6 is 0 Å². The molecule has 0 N–H and O–H groups in total. The quantitative estimate of drug-likeness (QED) is 0.175. The molecule has 0 spiro atoms. The number of nitriles is 1. The predicted octanol–water partition coefficient (Wildman–Crippen LogP) is 9.04. The van der Waals surface area contributed by atoms with Crippen LogP contribution in [0.1, 0.15) is 56.9 Å². The Morgan fingerprint density at radius 2 is 1.62 bits per heavy atom. The highest BCUT2D eigenvalue weighted by Crippen LogP contribution is 2.53. The molecule has 0 radical (unpaired) electrons. The van der Waals surface area contributed by atoms with E-state index in [1.807, 2.05) is 13.8 Å². The zero-order valence-corrected chi connectivity index (χ0v) is 24.4. The molecule has 0 aliphatic carbocycles. The van der Waals surface area contributed by atoms with Gasteiger partial charge in [-0.15, -0.1) is 0 Å². The van der Waals surface area contributed by atoms with Crippen molar-refractivity contribution in [2.24, 2.45) is 17.9 Å². The van der Waals surface area contributed by atoms with Gasteiger partial charge in [0.1, 0.15) is 18.5 Å². The van der Waals surface area contributed by atoms with E-state index in [1.165, 1.54) is 55.1 Å². The fourth-order valence-electron chi connectivity index (χ4n) is 6.42. The second-order valence-corrected chi connectivity index (χ2v) is 13.3. The van der Waals surface area contributed by atoms with Crippen LogP contribution in [0.3, 0.4) is 0 Å². The molecule has 1 aliphatic rings. The summed E-state index contributed by atoms with van der Waals surface area (Å²) in [5.41, 5.74) is 7.05. The van der Waals surface area contributed by atoms with Gasteiger partial charge in [0.2, 0.25) is 5.69 Å². The van der Waals surface area contributed by atoms with E-state index in [9.17, 15) is 5.26 Å². The molecule has 3 nitrogen and oxygen atoms in total. The van der Waals surface area contributed by atoms with Gasteiger partial charge in [-0.3, -0.25) is 0 Å². The molecule has 4 aromatic carbocycles. The van der Waals surface area contributed by atoms with E-state index in [-0.39, 0.29) is 5.41 Å². The monoisotopic (exact) mass is 513 g/mol. The summed E-state index contributed by atoms with van der Waals surface area (Å²) in [4.78, 5) is 0. The zero-order valence-electron chi connectivity index (χ0n) is 24.4. The summed E-state index contributed by atoms with van der Waals surface area (Å²) < 4.78 is 9.30. The van der Waals surface area contributed by atoms with Crippen molar-refractivity contribution in [1.29, 1.82) is 5.26 Å². The van der Waals surface area contributed by atoms with Gasteiger partial charge in [0, 0.05) is 17.0 Å². The maximum absolute atomic E-state index is 9.76. The van der Waals surface area contributed by atoms with E-state index in [4.69, 9.17) is 4.74 Å². The minimum Gasteiger partial charge on any atom is -0.455 e. The lowest BCUT2D eigenvalue weighted by Gasteiger charge is -2.28. The topological polar surface area (TPSA) is 36.9 Å². The number of hydrogen-bond donors (Lipinski definition) is 0. The summed E-state index contributed by atoms with van der Waals surface area (Å²) >= 11 is 0. The Morgan fingerprint density at radius 1 is 0.846 bits per heavy atom. The molecule has 6 rings (SSSR count). The molecule has 0 saturated heterocycles. The summed E-state index contributed by atoms with van der Waals surface area (Å²) in [5, 5.41) is 17.1. The van der Waals surface area contributed by atoms with Crippen LogP contribution in [0.25, 0.3) is 43.6 Å². The maximum atomic E-state index is 9.76. The Balaban J connectivity index is 1.75. The molecule has 196 valence electrons. The van der Waals surface area contributed by atoms with E-state index in [0.717, 1.165) is 28.7 Å². The molecule has 3 heteroatoms. The highest BCUT2D eigenvalue weighted by atomic mass is 16.5. The molecule has 2 heterocycles. The average Bonchev–Trinajstić information content (AvgIpc) is 2.87. The van der Waals surface area contributed by atoms with Crippen molar-refractivity contribution in [2.75, 3.05) is 0 Å². The van der Waals surface area contributed by atoms with Gasteiger partial charge in [-0.05, 0) is 84.7 Å². The molecule has 1 aromatic heterocycles. The number of hydrogen-bond acceptors (Lipinski definition) is 2. The molecule has 1 aliphatic heterocycles. The third-order valence-electron chi connectivity index (χ3n) is 8.20. The van der Waals surface area contributed by atoms with Crippen LogP contribution in [-0.2, 0) is 19.9 Å².